The van der Waals surface area contributed by atoms with Crippen molar-refractivity contribution in [3.63, 3.8) is 0 Å². The summed E-state index contributed by atoms with van der Waals surface area (Å²) in [6, 6.07) is 0.0815. The Kier molecular flexibility index (Phi) is 3.32. The van der Waals surface area contributed by atoms with Crippen LogP contribution in [0.1, 0.15) is 40.5 Å². The molecule has 18 heavy (non-hydrogen) atoms. The smallest absolute Gasteiger partial charge is 0.413 e. The molecule has 5 nitrogen and oxygen atoms in total. The quantitative estimate of drug-likeness (QED) is 0.732. The van der Waals surface area contributed by atoms with Crippen molar-refractivity contribution < 1.29 is 19.5 Å². The number of quaternary nitrogens is 1. The van der Waals surface area contributed by atoms with Gasteiger partial charge in [-0.3, -0.25) is 4.90 Å². The Labute approximate surface area is 109 Å². The third-order valence-corrected chi connectivity index (χ3v) is 4.61. The van der Waals surface area contributed by atoms with Crippen LogP contribution >= 0.6 is 0 Å². The number of hydrogen-bond donors (Lipinski definition) is 2. The summed E-state index contributed by atoms with van der Waals surface area (Å²) < 4.78 is 5.33. The summed E-state index contributed by atoms with van der Waals surface area (Å²) in [4.78, 5) is 15.1. The van der Waals surface area contributed by atoms with Crippen molar-refractivity contribution in [1.82, 2.24) is 4.90 Å². The van der Waals surface area contributed by atoms with E-state index in [1.807, 2.05) is 0 Å². The molecule has 0 aromatic carbocycles. The van der Waals surface area contributed by atoms with Gasteiger partial charge in [-0.25, -0.2) is 4.79 Å². The first-order chi connectivity index (χ1) is 8.29. The van der Waals surface area contributed by atoms with Gasteiger partial charge in [0.2, 0.25) is 0 Å². The third-order valence-electron chi connectivity index (χ3n) is 4.61. The summed E-state index contributed by atoms with van der Waals surface area (Å²) in [6.07, 6.45) is 1.66. The molecule has 5 heteroatoms. The Hall–Kier alpha value is -0.810. The molecular weight excluding hydrogens is 232 g/mol. The SMILES string of the molecule is CC[NH+]1CCC[C@@H](N2C(=O)OC(C)(C)[C@@]2(C)O)C1. The number of likely N-dealkylation sites (N-methyl/N-ethyl adjacent to an activating group) is 1. The highest BCUT2D eigenvalue weighted by Gasteiger charge is 2.59. The summed E-state index contributed by atoms with van der Waals surface area (Å²) in [5, 5.41) is 10.6. The van der Waals surface area contributed by atoms with Crippen molar-refractivity contribution in [1.29, 1.82) is 0 Å². The molecule has 2 saturated heterocycles. The number of carbonyl (C=O) groups is 1. The lowest BCUT2D eigenvalue weighted by Gasteiger charge is -2.41. The van der Waals surface area contributed by atoms with E-state index in [1.165, 1.54) is 4.90 Å². The molecule has 3 atom stereocenters. The van der Waals surface area contributed by atoms with Gasteiger partial charge in [-0.05, 0) is 40.5 Å². The minimum Gasteiger partial charge on any atom is -0.438 e. The normalized spacial score (nSPS) is 39.8. The van der Waals surface area contributed by atoms with Crippen LogP contribution in [0.3, 0.4) is 0 Å². The molecule has 2 aliphatic heterocycles. The molecule has 2 N–H and O–H groups in total. The van der Waals surface area contributed by atoms with Crippen LogP contribution in [0.15, 0.2) is 0 Å². The van der Waals surface area contributed by atoms with Gasteiger partial charge in [-0.15, -0.1) is 0 Å². The molecule has 0 saturated carbocycles. The number of nitrogens with zero attached hydrogens (tertiary/aromatic N) is 1. The highest BCUT2D eigenvalue weighted by Crippen LogP contribution is 2.39. The monoisotopic (exact) mass is 257 g/mol. The molecule has 104 valence electrons. The fraction of sp³-hybridized carbons (Fsp3) is 0.923. The number of carbonyl (C=O) groups excluding carboxylic acids is 1. The molecule has 2 fully saturated rings. The number of rotatable bonds is 2. The molecule has 0 radical (unpaired) electrons. The van der Waals surface area contributed by atoms with E-state index in [1.54, 1.807) is 25.7 Å². The number of ether oxygens (including phenoxy) is 1. The average molecular weight is 257 g/mol. The number of amides is 1. The second-order valence-electron chi connectivity index (χ2n) is 6.12. The molecule has 2 rings (SSSR count). The number of cyclic esters (lactones) is 1. The maximum atomic E-state index is 12.0. The van der Waals surface area contributed by atoms with E-state index in [-0.39, 0.29) is 12.1 Å². The Morgan fingerprint density at radius 3 is 2.67 bits per heavy atom. The van der Waals surface area contributed by atoms with Gasteiger partial charge in [0, 0.05) is 0 Å². The van der Waals surface area contributed by atoms with Crippen LogP contribution in [0.4, 0.5) is 4.79 Å². The van der Waals surface area contributed by atoms with Crippen molar-refractivity contribution >= 4 is 6.09 Å². The lowest BCUT2D eigenvalue weighted by molar-refractivity contribution is -0.905. The van der Waals surface area contributed by atoms with E-state index < -0.39 is 11.3 Å². The molecule has 0 aromatic rings. The van der Waals surface area contributed by atoms with Crippen LogP contribution in [0, 0.1) is 0 Å². The molecule has 1 unspecified atom stereocenters. The maximum Gasteiger partial charge on any atom is 0.413 e. The third kappa shape index (κ3) is 1.99. The minimum absolute atomic E-state index is 0.0815. The Bertz CT molecular complexity index is 341. The Balaban J connectivity index is 2.19. The zero-order chi connectivity index (χ0) is 13.6. The first kappa shape index (κ1) is 13.6. The van der Waals surface area contributed by atoms with Crippen molar-refractivity contribution in [3.8, 4) is 0 Å². The van der Waals surface area contributed by atoms with Crippen molar-refractivity contribution in [2.45, 2.75) is 57.9 Å². The van der Waals surface area contributed by atoms with Gasteiger partial charge >= 0.3 is 6.09 Å². The predicted octanol–water partition coefficient (Wildman–Crippen LogP) is -0.00710. The highest BCUT2D eigenvalue weighted by atomic mass is 16.6. The topological polar surface area (TPSA) is 54.2 Å². The van der Waals surface area contributed by atoms with Gasteiger partial charge in [0.05, 0.1) is 25.7 Å². The van der Waals surface area contributed by atoms with Crippen LogP contribution < -0.4 is 4.90 Å². The molecule has 0 spiro atoms. The molecule has 1 amide bonds. The maximum absolute atomic E-state index is 12.0. The van der Waals surface area contributed by atoms with E-state index in [4.69, 9.17) is 4.74 Å². The number of hydrogen-bond acceptors (Lipinski definition) is 3. The second-order valence-corrected chi connectivity index (χ2v) is 6.12. The molecule has 0 bridgehead atoms. The summed E-state index contributed by atoms with van der Waals surface area (Å²) in [7, 11) is 0. The summed E-state index contributed by atoms with van der Waals surface area (Å²) in [5.74, 6) is 0. The van der Waals surface area contributed by atoms with Crippen LogP contribution in [0.5, 0.6) is 0 Å². The number of aliphatic hydroxyl groups is 1. The van der Waals surface area contributed by atoms with Gasteiger partial charge in [0.25, 0.3) is 0 Å². The zero-order valence-electron chi connectivity index (χ0n) is 11.8. The van der Waals surface area contributed by atoms with E-state index in [0.717, 1.165) is 32.5 Å². The first-order valence-corrected chi connectivity index (χ1v) is 6.88. The first-order valence-electron chi connectivity index (χ1n) is 6.88. The lowest BCUT2D eigenvalue weighted by atomic mass is 9.93. The van der Waals surface area contributed by atoms with Crippen molar-refractivity contribution in [3.05, 3.63) is 0 Å². The van der Waals surface area contributed by atoms with E-state index in [0.29, 0.717) is 0 Å². The van der Waals surface area contributed by atoms with Crippen LogP contribution in [-0.2, 0) is 4.74 Å². The number of likely N-dealkylation sites (tertiary alicyclic amines) is 1. The fourth-order valence-corrected chi connectivity index (χ4v) is 3.00. The predicted molar refractivity (Wildman–Crippen MR) is 67.3 cm³/mol. The van der Waals surface area contributed by atoms with E-state index in [2.05, 4.69) is 6.92 Å². The second kappa shape index (κ2) is 4.38. The summed E-state index contributed by atoms with van der Waals surface area (Å²) in [6.45, 7) is 10.5. The lowest BCUT2D eigenvalue weighted by Crippen LogP contribution is -3.14. The number of piperidine rings is 1. The van der Waals surface area contributed by atoms with E-state index in [9.17, 15) is 9.90 Å². The van der Waals surface area contributed by atoms with Gasteiger partial charge in [0.1, 0.15) is 0 Å². The van der Waals surface area contributed by atoms with Gasteiger partial charge < -0.3 is 14.7 Å². The van der Waals surface area contributed by atoms with Crippen LogP contribution in [0.25, 0.3) is 0 Å². The summed E-state index contributed by atoms with van der Waals surface area (Å²) in [5.41, 5.74) is -2.08. The molecule has 0 aromatic heterocycles. The average Bonchev–Trinajstić information content (AvgIpc) is 2.43. The molecule has 0 aliphatic carbocycles. The van der Waals surface area contributed by atoms with Gasteiger partial charge in [-0.1, -0.05) is 0 Å². The van der Waals surface area contributed by atoms with Crippen molar-refractivity contribution in [2.75, 3.05) is 19.6 Å². The number of nitrogens with one attached hydrogen (secondary N) is 1. The standard InChI is InChI=1S/C13H24N2O3/c1-5-14-8-6-7-10(9-14)15-11(16)18-12(2,3)13(15,4)17/h10,17H,5-9H2,1-4H3/p+1/t10-,13-/m1/s1. The highest BCUT2D eigenvalue weighted by molar-refractivity contribution is 5.72. The van der Waals surface area contributed by atoms with Gasteiger partial charge in [-0.2, -0.15) is 0 Å². The zero-order valence-corrected chi connectivity index (χ0v) is 11.8. The van der Waals surface area contributed by atoms with Crippen LogP contribution in [-0.4, -0.2) is 53.1 Å². The fourth-order valence-electron chi connectivity index (χ4n) is 3.00. The largest absolute Gasteiger partial charge is 0.438 e. The minimum atomic E-state index is -1.23. The molecule has 2 aliphatic rings. The van der Waals surface area contributed by atoms with E-state index >= 15 is 0 Å². The van der Waals surface area contributed by atoms with Crippen LogP contribution in [0.2, 0.25) is 0 Å². The van der Waals surface area contributed by atoms with Gasteiger partial charge in [0.15, 0.2) is 11.3 Å². The Morgan fingerprint density at radius 1 is 1.50 bits per heavy atom. The summed E-state index contributed by atoms with van der Waals surface area (Å²) >= 11 is 0. The van der Waals surface area contributed by atoms with Crippen molar-refractivity contribution in [2.24, 2.45) is 0 Å². The Morgan fingerprint density at radius 2 is 2.17 bits per heavy atom. The molecule has 2 heterocycles. The molecular formula is C13H25N2O3+.